The van der Waals surface area contributed by atoms with Crippen LogP contribution in [-0.2, 0) is 0 Å². The Morgan fingerprint density at radius 2 is 1.68 bits per heavy atom. The first-order valence-corrected chi connectivity index (χ1v) is 13.9. The number of halogens is 4. The minimum Gasteiger partial charge on any atom is -0.496 e. The fourth-order valence-corrected chi connectivity index (χ4v) is 5.38. The second-order valence-corrected chi connectivity index (χ2v) is 10.9. The number of carbonyl (C=O) groups is 2. The molecule has 0 saturated carbocycles. The van der Waals surface area contributed by atoms with Crippen LogP contribution in [0.5, 0.6) is 11.5 Å². The predicted octanol–water partition coefficient (Wildman–Crippen LogP) is 8.55. The number of ether oxygens (including phenoxy) is 2. The number of methoxy groups -OCH3 is 1. The van der Waals surface area contributed by atoms with Gasteiger partial charge in [0.25, 0.3) is 5.91 Å². The van der Waals surface area contributed by atoms with Gasteiger partial charge in [0, 0.05) is 36.5 Å². The van der Waals surface area contributed by atoms with Gasteiger partial charge in [0.15, 0.2) is 0 Å². The van der Waals surface area contributed by atoms with E-state index in [1.165, 1.54) is 19.4 Å². The molecule has 4 aromatic carbocycles. The van der Waals surface area contributed by atoms with Crippen LogP contribution in [0.3, 0.4) is 0 Å². The molecule has 206 valence electrons. The van der Waals surface area contributed by atoms with Crippen molar-refractivity contribution in [3.05, 3.63) is 115 Å². The highest BCUT2D eigenvalue weighted by Gasteiger charge is 2.22. The van der Waals surface area contributed by atoms with E-state index in [1.807, 2.05) is 30.3 Å². The molecule has 41 heavy (non-hydrogen) atoms. The number of amides is 1. The molecule has 0 bridgehead atoms. The van der Waals surface area contributed by atoms with Gasteiger partial charge in [0.2, 0.25) is 0 Å². The molecule has 1 heterocycles. The van der Waals surface area contributed by atoms with Crippen molar-refractivity contribution in [3.8, 4) is 22.6 Å². The maximum atomic E-state index is 13.4. The van der Waals surface area contributed by atoms with E-state index in [9.17, 15) is 9.59 Å². The SMILES string of the molecule is COc1ccc(Cl)cc1C(=O)Oc1ccc(Br)cc1C=NNC(=O)c1[nH]c2cc(Cl)cc(Cl)c2c1-c1ccccc1. The van der Waals surface area contributed by atoms with Gasteiger partial charge < -0.3 is 14.5 Å². The fourth-order valence-electron chi connectivity index (χ4n) is 4.24. The van der Waals surface area contributed by atoms with E-state index in [1.54, 1.807) is 42.5 Å². The molecule has 11 heteroatoms. The van der Waals surface area contributed by atoms with Crippen molar-refractivity contribution in [2.24, 2.45) is 5.10 Å². The lowest BCUT2D eigenvalue weighted by atomic mass is 10.0. The lowest BCUT2D eigenvalue weighted by Gasteiger charge is -2.11. The molecule has 0 saturated heterocycles. The summed E-state index contributed by atoms with van der Waals surface area (Å²) in [5, 5.41) is 5.98. The van der Waals surface area contributed by atoms with Crippen molar-refractivity contribution in [1.82, 2.24) is 10.4 Å². The molecule has 1 amide bonds. The van der Waals surface area contributed by atoms with E-state index in [0.29, 0.717) is 47.3 Å². The first kappa shape index (κ1) is 28.7. The molecule has 0 aliphatic heterocycles. The second-order valence-electron chi connectivity index (χ2n) is 8.67. The molecule has 0 atom stereocenters. The summed E-state index contributed by atoms with van der Waals surface area (Å²) in [5.41, 5.74) is 5.37. The Bertz CT molecular complexity index is 1820. The first-order chi connectivity index (χ1) is 19.7. The molecule has 0 aliphatic carbocycles. The lowest BCUT2D eigenvalue weighted by molar-refractivity contribution is 0.0730. The van der Waals surface area contributed by atoms with Crippen LogP contribution < -0.4 is 14.9 Å². The number of aromatic nitrogens is 1. The van der Waals surface area contributed by atoms with Crippen molar-refractivity contribution in [3.63, 3.8) is 0 Å². The van der Waals surface area contributed by atoms with E-state index in [-0.39, 0.29) is 17.0 Å². The average Bonchev–Trinajstić information content (AvgIpc) is 3.34. The van der Waals surface area contributed by atoms with Gasteiger partial charge in [0.05, 0.1) is 18.3 Å². The number of H-pyrrole nitrogens is 1. The Balaban J connectivity index is 1.44. The fraction of sp³-hybridized carbons (Fsp3) is 0.0333. The highest BCUT2D eigenvalue weighted by Crippen LogP contribution is 2.38. The molecule has 0 fully saturated rings. The highest BCUT2D eigenvalue weighted by molar-refractivity contribution is 9.10. The van der Waals surface area contributed by atoms with Crippen LogP contribution in [0.1, 0.15) is 26.4 Å². The summed E-state index contributed by atoms with van der Waals surface area (Å²) in [4.78, 5) is 29.4. The zero-order valence-electron chi connectivity index (χ0n) is 21.2. The monoisotopic (exact) mass is 669 g/mol. The molecular formula is C30H19BrCl3N3O4. The normalized spacial score (nSPS) is 11.1. The summed E-state index contributed by atoms with van der Waals surface area (Å²) in [6.45, 7) is 0. The quantitative estimate of drug-likeness (QED) is 0.0785. The summed E-state index contributed by atoms with van der Waals surface area (Å²) in [6.07, 6.45) is 1.37. The predicted molar refractivity (Wildman–Crippen MR) is 166 cm³/mol. The molecule has 0 aliphatic rings. The minimum atomic E-state index is -0.675. The third kappa shape index (κ3) is 6.26. The number of hydrogen-bond donors (Lipinski definition) is 2. The van der Waals surface area contributed by atoms with Crippen LogP contribution in [0.4, 0.5) is 0 Å². The summed E-state index contributed by atoms with van der Waals surface area (Å²) < 4.78 is 11.6. The van der Waals surface area contributed by atoms with E-state index in [4.69, 9.17) is 44.3 Å². The van der Waals surface area contributed by atoms with Gasteiger partial charge >= 0.3 is 5.97 Å². The molecule has 0 spiro atoms. The Labute approximate surface area is 258 Å². The maximum Gasteiger partial charge on any atom is 0.347 e. The van der Waals surface area contributed by atoms with Crippen LogP contribution >= 0.6 is 50.7 Å². The van der Waals surface area contributed by atoms with Gasteiger partial charge in [-0.15, -0.1) is 0 Å². The third-order valence-electron chi connectivity index (χ3n) is 6.03. The number of esters is 1. The first-order valence-electron chi connectivity index (χ1n) is 12.0. The molecular weight excluding hydrogens is 653 g/mol. The number of hydrazone groups is 1. The summed E-state index contributed by atoms with van der Waals surface area (Å²) >= 11 is 22.2. The summed E-state index contributed by atoms with van der Waals surface area (Å²) in [6, 6.07) is 22.3. The number of hydrogen-bond acceptors (Lipinski definition) is 5. The zero-order chi connectivity index (χ0) is 29.1. The smallest absolute Gasteiger partial charge is 0.347 e. The van der Waals surface area contributed by atoms with Crippen molar-refractivity contribution in [1.29, 1.82) is 0 Å². The van der Waals surface area contributed by atoms with Crippen LogP contribution in [0, 0.1) is 0 Å². The lowest BCUT2D eigenvalue weighted by Crippen LogP contribution is -2.19. The van der Waals surface area contributed by atoms with Gasteiger partial charge in [0.1, 0.15) is 22.8 Å². The average molecular weight is 672 g/mol. The summed E-state index contributed by atoms with van der Waals surface area (Å²) in [7, 11) is 1.44. The number of rotatable bonds is 7. The number of aromatic amines is 1. The molecule has 5 rings (SSSR count). The van der Waals surface area contributed by atoms with Crippen molar-refractivity contribution in [2.45, 2.75) is 0 Å². The van der Waals surface area contributed by atoms with Crippen LogP contribution in [0.15, 0.2) is 88.4 Å². The van der Waals surface area contributed by atoms with Crippen molar-refractivity contribution < 1.29 is 19.1 Å². The van der Waals surface area contributed by atoms with Gasteiger partial charge in [-0.3, -0.25) is 4.79 Å². The molecule has 7 nitrogen and oxygen atoms in total. The van der Waals surface area contributed by atoms with Gasteiger partial charge in [-0.05, 0) is 54.1 Å². The second kappa shape index (κ2) is 12.4. The number of nitrogens with zero attached hydrogens (tertiary/aromatic N) is 1. The minimum absolute atomic E-state index is 0.158. The number of benzene rings is 4. The van der Waals surface area contributed by atoms with E-state index in [2.05, 4.69) is 31.4 Å². The topological polar surface area (TPSA) is 92.8 Å². The van der Waals surface area contributed by atoms with Crippen molar-refractivity contribution >= 4 is 79.7 Å². The van der Waals surface area contributed by atoms with Gasteiger partial charge in [-0.2, -0.15) is 5.10 Å². The van der Waals surface area contributed by atoms with Crippen molar-refractivity contribution in [2.75, 3.05) is 7.11 Å². The maximum absolute atomic E-state index is 13.4. The van der Waals surface area contributed by atoms with E-state index in [0.717, 1.165) is 5.56 Å². The van der Waals surface area contributed by atoms with Crippen LogP contribution in [-0.4, -0.2) is 30.2 Å². The number of carbonyl (C=O) groups excluding carboxylic acids is 2. The van der Waals surface area contributed by atoms with Crippen LogP contribution in [0.2, 0.25) is 15.1 Å². The molecule has 1 aromatic heterocycles. The third-order valence-corrected chi connectivity index (χ3v) is 7.27. The number of fused-ring (bicyclic) bond motifs is 1. The van der Waals surface area contributed by atoms with Gasteiger partial charge in [-0.1, -0.05) is 81.1 Å². The van der Waals surface area contributed by atoms with E-state index < -0.39 is 11.9 Å². The van der Waals surface area contributed by atoms with Crippen LogP contribution in [0.25, 0.3) is 22.0 Å². The molecule has 0 unspecified atom stereocenters. The van der Waals surface area contributed by atoms with Gasteiger partial charge in [-0.25, -0.2) is 10.2 Å². The summed E-state index contributed by atoms with van der Waals surface area (Å²) in [5.74, 6) is -0.671. The zero-order valence-corrected chi connectivity index (χ0v) is 25.0. The molecule has 5 aromatic rings. The highest BCUT2D eigenvalue weighted by atomic mass is 79.9. The van der Waals surface area contributed by atoms with E-state index >= 15 is 0 Å². The molecule has 2 N–H and O–H groups in total. The largest absolute Gasteiger partial charge is 0.496 e. The number of nitrogens with one attached hydrogen (secondary N) is 2. The molecule has 0 radical (unpaired) electrons. The Hall–Kier alpha value is -3.82. The Kier molecular flexibility index (Phi) is 8.65. The standard InChI is InChI=1S/C30H19BrCl3N3O4/c1-40-25-10-8-19(32)12-21(25)30(39)41-24-9-7-18(31)11-17(24)15-35-37-29(38)28-26(16-5-3-2-4-6-16)27-22(34)13-20(33)14-23(27)36-28/h2-15,36H,1H3,(H,37,38). The Morgan fingerprint density at radius 1 is 0.927 bits per heavy atom. The Morgan fingerprint density at radius 3 is 2.44 bits per heavy atom.